The number of nitrogens with one attached hydrogen (secondary N) is 1. The van der Waals surface area contributed by atoms with Crippen LogP contribution in [0.1, 0.15) is 31.2 Å². The molecule has 1 aliphatic heterocycles. The van der Waals surface area contributed by atoms with Crippen LogP contribution in [-0.2, 0) is 11.3 Å². The van der Waals surface area contributed by atoms with Crippen LogP contribution in [0, 0.1) is 0 Å². The van der Waals surface area contributed by atoms with Crippen molar-refractivity contribution in [3.8, 4) is 5.75 Å². The summed E-state index contributed by atoms with van der Waals surface area (Å²) in [6.07, 6.45) is 4.76. The van der Waals surface area contributed by atoms with Gasteiger partial charge in [0.25, 0.3) is 0 Å². The standard InChI is InChI=1S/C17H26N4O2.HI/c1-23-15-8-6-14(7-9-15)12-19-16(22)13-20-17(18)21-10-4-2-3-5-11-21;/h6-9H,2-5,10-13H2,1H3,(H2,18,20)(H,19,22);1H. The van der Waals surface area contributed by atoms with Crippen molar-refractivity contribution in [1.29, 1.82) is 0 Å². The van der Waals surface area contributed by atoms with E-state index in [1.807, 2.05) is 24.3 Å². The van der Waals surface area contributed by atoms with E-state index in [1.165, 1.54) is 12.8 Å². The minimum Gasteiger partial charge on any atom is -0.497 e. The number of carbonyl (C=O) groups excluding carboxylic acids is 1. The molecule has 0 unspecified atom stereocenters. The summed E-state index contributed by atoms with van der Waals surface area (Å²) in [5, 5.41) is 2.85. The van der Waals surface area contributed by atoms with Crippen LogP contribution < -0.4 is 15.8 Å². The zero-order valence-electron chi connectivity index (χ0n) is 14.2. The topological polar surface area (TPSA) is 79.9 Å². The number of amides is 1. The molecule has 1 fully saturated rings. The maximum absolute atomic E-state index is 11.9. The van der Waals surface area contributed by atoms with Crippen LogP contribution in [0.3, 0.4) is 0 Å². The lowest BCUT2D eigenvalue weighted by molar-refractivity contribution is -0.119. The van der Waals surface area contributed by atoms with Crippen LogP contribution >= 0.6 is 24.0 Å². The molecular weight excluding hydrogens is 419 g/mol. The second kappa shape index (κ2) is 11.1. The van der Waals surface area contributed by atoms with Crippen molar-refractivity contribution in [2.24, 2.45) is 10.7 Å². The fraction of sp³-hybridized carbons (Fsp3) is 0.529. The molecule has 0 bridgehead atoms. The van der Waals surface area contributed by atoms with E-state index in [0.29, 0.717) is 12.5 Å². The van der Waals surface area contributed by atoms with Gasteiger partial charge in [-0.2, -0.15) is 0 Å². The molecule has 0 saturated carbocycles. The van der Waals surface area contributed by atoms with Crippen molar-refractivity contribution in [1.82, 2.24) is 10.2 Å². The number of aliphatic imine (C=N–C) groups is 1. The molecule has 0 spiro atoms. The molecule has 1 amide bonds. The van der Waals surface area contributed by atoms with Crippen LogP contribution in [0.5, 0.6) is 5.75 Å². The minimum absolute atomic E-state index is 0. The van der Waals surface area contributed by atoms with Crippen LogP contribution in [0.2, 0.25) is 0 Å². The first kappa shape index (κ1) is 20.5. The average molecular weight is 446 g/mol. The Labute approximate surface area is 160 Å². The van der Waals surface area contributed by atoms with Crippen LogP contribution in [0.4, 0.5) is 0 Å². The number of guanidine groups is 1. The number of methoxy groups -OCH3 is 1. The summed E-state index contributed by atoms with van der Waals surface area (Å²) >= 11 is 0. The van der Waals surface area contributed by atoms with Gasteiger partial charge in [0.05, 0.1) is 7.11 Å². The van der Waals surface area contributed by atoms with Gasteiger partial charge in [0.1, 0.15) is 12.3 Å². The first-order valence-corrected chi connectivity index (χ1v) is 8.13. The molecule has 24 heavy (non-hydrogen) atoms. The van der Waals surface area contributed by atoms with E-state index in [9.17, 15) is 4.79 Å². The summed E-state index contributed by atoms with van der Waals surface area (Å²) < 4.78 is 5.10. The van der Waals surface area contributed by atoms with Crippen molar-refractivity contribution < 1.29 is 9.53 Å². The van der Waals surface area contributed by atoms with Crippen molar-refractivity contribution in [2.45, 2.75) is 32.2 Å². The highest BCUT2D eigenvalue weighted by Gasteiger charge is 2.11. The van der Waals surface area contributed by atoms with Gasteiger partial charge in [-0.15, -0.1) is 24.0 Å². The first-order chi connectivity index (χ1) is 11.2. The second-order valence-electron chi connectivity index (χ2n) is 5.70. The van der Waals surface area contributed by atoms with Gasteiger partial charge < -0.3 is 20.7 Å². The van der Waals surface area contributed by atoms with E-state index in [1.54, 1.807) is 7.11 Å². The van der Waals surface area contributed by atoms with Gasteiger partial charge in [0, 0.05) is 19.6 Å². The molecular formula is C17H27IN4O2. The van der Waals surface area contributed by atoms with E-state index in [0.717, 1.165) is 37.2 Å². The fourth-order valence-corrected chi connectivity index (χ4v) is 2.55. The Bertz CT molecular complexity index is 526. The Morgan fingerprint density at radius 3 is 2.42 bits per heavy atom. The molecule has 134 valence electrons. The minimum atomic E-state index is -0.126. The third-order valence-electron chi connectivity index (χ3n) is 3.96. The van der Waals surface area contributed by atoms with E-state index in [-0.39, 0.29) is 36.4 Å². The highest BCUT2D eigenvalue weighted by Crippen LogP contribution is 2.11. The third-order valence-corrected chi connectivity index (χ3v) is 3.96. The zero-order chi connectivity index (χ0) is 16.5. The van der Waals surface area contributed by atoms with Gasteiger partial charge in [0.15, 0.2) is 5.96 Å². The number of likely N-dealkylation sites (tertiary alicyclic amines) is 1. The molecule has 0 atom stereocenters. The van der Waals surface area contributed by atoms with Crippen molar-refractivity contribution in [2.75, 3.05) is 26.7 Å². The van der Waals surface area contributed by atoms with Crippen molar-refractivity contribution in [3.63, 3.8) is 0 Å². The number of ether oxygens (including phenoxy) is 1. The van der Waals surface area contributed by atoms with Gasteiger partial charge in [0.2, 0.25) is 5.91 Å². The molecule has 3 N–H and O–H groups in total. The maximum Gasteiger partial charge on any atom is 0.242 e. The molecule has 1 aromatic carbocycles. The fourth-order valence-electron chi connectivity index (χ4n) is 2.55. The summed E-state index contributed by atoms with van der Waals surface area (Å²) in [5.74, 6) is 1.15. The number of nitrogens with zero attached hydrogens (tertiary/aromatic N) is 2. The second-order valence-corrected chi connectivity index (χ2v) is 5.70. The van der Waals surface area contributed by atoms with E-state index >= 15 is 0 Å². The number of nitrogens with two attached hydrogens (primary N) is 1. The first-order valence-electron chi connectivity index (χ1n) is 8.13. The Hall–Kier alpha value is -1.51. The quantitative estimate of drug-likeness (QED) is 0.413. The Morgan fingerprint density at radius 1 is 1.21 bits per heavy atom. The Kier molecular flexibility index (Phi) is 9.51. The smallest absolute Gasteiger partial charge is 0.242 e. The van der Waals surface area contributed by atoms with Crippen LogP contribution in [-0.4, -0.2) is 43.5 Å². The summed E-state index contributed by atoms with van der Waals surface area (Å²) in [4.78, 5) is 18.2. The average Bonchev–Trinajstić information content (AvgIpc) is 2.87. The third kappa shape index (κ3) is 6.94. The lowest BCUT2D eigenvalue weighted by Crippen LogP contribution is -2.39. The Balaban J connectivity index is 0.00000288. The Morgan fingerprint density at radius 2 is 1.83 bits per heavy atom. The largest absolute Gasteiger partial charge is 0.497 e. The zero-order valence-corrected chi connectivity index (χ0v) is 16.5. The number of hydrogen-bond acceptors (Lipinski definition) is 3. The summed E-state index contributed by atoms with van der Waals surface area (Å²) in [6.45, 7) is 2.41. The number of rotatable bonds is 5. The summed E-state index contributed by atoms with van der Waals surface area (Å²) in [7, 11) is 1.63. The molecule has 1 aliphatic rings. The predicted molar refractivity (Wildman–Crippen MR) is 107 cm³/mol. The monoisotopic (exact) mass is 446 g/mol. The van der Waals surface area contributed by atoms with Gasteiger partial charge in [-0.3, -0.25) is 4.79 Å². The van der Waals surface area contributed by atoms with E-state index in [2.05, 4.69) is 15.2 Å². The molecule has 7 heteroatoms. The van der Waals surface area contributed by atoms with Gasteiger partial charge in [-0.1, -0.05) is 25.0 Å². The number of hydrogen-bond donors (Lipinski definition) is 2. The lowest BCUT2D eigenvalue weighted by Gasteiger charge is -2.20. The molecule has 1 saturated heterocycles. The lowest BCUT2D eigenvalue weighted by atomic mass is 10.2. The highest BCUT2D eigenvalue weighted by molar-refractivity contribution is 14.0. The van der Waals surface area contributed by atoms with Crippen molar-refractivity contribution >= 4 is 35.8 Å². The SMILES string of the molecule is COc1ccc(CNC(=O)CN=C(N)N2CCCCCC2)cc1.I. The molecule has 1 heterocycles. The number of carbonyl (C=O) groups is 1. The van der Waals surface area contributed by atoms with E-state index in [4.69, 9.17) is 10.5 Å². The van der Waals surface area contributed by atoms with Crippen molar-refractivity contribution in [3.05, 3.63) is 29.8 Å². The van der Waals surface area contributed by atoms with Crippen LogP contribution in [0.15, 0.2) is 29.3 Å². The predicted octanol–water partition coefficient (Wildman–Crippen LogP) is 2.12. The molecule has 1 aromatic rings. The molecule has 2 rings (SSSR count). The molecule has 0 aromatic heterocycles. The normalized spacial score (nSPS) is 15.2. The summed E-state index contributed by atoms with van der Waals surface area (Å²) in [5.41, 5.74) is 7.00. The number of halogens is 1. The number of benzene rings is 1. The van der Waals surface area contributed by atoms with Gasteiger partial charge in [-0.25, -0.2) is 4.99 Å². The van der Waals surface area contributed by atoms with E-state index < -0.39 is 0 Å². The highest BCUT2D eigenvalue weighted by atomic mass is 127. The molecule has 0 aliphatic carbocycles. The van der Waals surface area contributed by atoms with Gasteiger partial charge >= 0.3 is 0 Å². The summed E-state index contributed by atoms with van der Waals surface area (Å²) in [6, 6.07) is 7.59. The van der Waals surface area contributed by atoms with Crippen LogP contribution in [0.25, 0.3) is 0 Å². The maximum atomic E-state index is 11.9. The molecule has 6 nitrogen and oxygen atoms in total. The molecule has 0 radical (unpaired) electrons. The van der Waals surface area contributed by atoms with Gasteiger partial charge in [-0.05, 0) is 30.5 Å².